The molecule has 0 aliphatic rings. The second kappa shape index (κ2) is 8.27. The largest absolute Gasteiger partial charge is 0.351 e. The van der Waals surface area contributed by atoms with E-state index in [9.17, 15) is 4.79 Å². The molecule has 122 valence electrons. The normalized spacial score (nSPS) is 10.4. The van der Waals surface area contributed by atoms with E-state index in [0.717, 1.165) is 24.9 Å². The highest BCUT2D eigenvalue weighted by atomic mass is 16.1. The molecule has 0 saturated carbocycles. The maximum atomic E-state index is 11.9. The molecule has 23 heavy (non-hydrogen) atoms. The van der Waals surface area contributed by atoms with E-state index in [2.05, 4.69) is 47.4 Å². The zero-order valence-corrected chi connectivity index (χ0v) is 14.0. The Morgan fingerprint density at radius 2 is 1.96 bits per heavy atom. The Bertz CT molecular complexity index is 653. The van der Waals surface area contributed by atoms with Gasteiger partial charge in [0.15, 0.2) is 0 Å². The minimum Gasteiger partial charge on any atom is -0.351 e. The van der Waals surface area contributed by atoms with Crippen LogP contribution >= 0.6 is 0 Å². The van der Waals surface area contributed by atoms with Crippen molar-refractivity contribution < 1.29 is 4.79 Å². The van der Waals surface area contributed by atoms with Gasteiger partial charge in [0.1, 0.15) is 11.5 Å². The number of amides is 1. The topological polar surface area (TPSA) is 66.9 Å². The summed E-state index contributed by atoms with van der Waals surface area (Å²) in [7, 11) is 0. The summed E-state index contributed by atoms with van der Waals surface area (Å²) < 4.78 is 0. The van der Waals surface area contributed by atoms with Crippen molar-refractivity contribution in [3.63, 3.8) is 0 Å². The average Bonchev–Trinajstić information content (AvgIpc) is 2.56. The SMILES string of the molecule is CCCCCNC(=O)c1cnc(Nc2cccc(C)c2C)cn1. The summed E-state index contributed by atoms with van der Waals surface area (Å²) in [4.78, 5) is 20.4. The molecule has 0 atom stereocenters. The van der Waals surface area contributed by atoms with E-state index in [-0.39, 0.29) is 5.91 Å². The van der Waals surface area contributed by atoms with Gasteiger partial charge in [0.25, 0.3) is 5.91 Å². The van der Waals surface area contributed by atoms with E-state index >= 15 is 0 Å². The average molecular weight is 312 g/mol. The molecule has 1 amide bonds. The van der Waals surface area contributed by atoms with Crippen molar-refractivity contribution in [3.8, 4) is 0 Å². The lowest BCUT2D eigenvalue weighted by Crippen LogP contribution is -2.25. The van der Waals surface area contributed by atoms with Crippen molar-refractivity contribution >= 4 is 17.4 Å². The van der Waals surface area contributed by atoms with Gasteiger partial charge in [0, 0.05) is 12.2 Å². The number of rotatable bonds is 7. The highest BCUT2D eigenvalue weighted by molar-refractivity contribution is 5.92. The molecule has 5 heteroatoms. The summed E-state index contributed by atoms with van der Waals surface area (Å²) in [6.45, 7) is 6.94. The van der Waals surface area contributed by atoms with Crippen molar-refractivity contribution in [1.29, 1.82) is 0 Å². The monoisotopic (exact) mass is 312 g/mol. The van der Waals surface area contributed by atoms with Crippen LogP contribution in [0.15, 0.2) is 30.6 Å². The third-order valence-corrected chi connectivity index (χ3v) is 3.82. The van der Waals surface area contributed by atoms with Crippen LogP contribution in [0.5, 0.6) is 0 Å². The van der Waals surface area contributed by atoms with Crippen molar-refractivity contribution in [2.45, 2.75) is 40.0 Å². The third-order valence-electron chi connectivity index (χ3n) is 3.82. The van der Waals surface area contributed by atoms with Gasteiger partial charge in [-0.1, -0.05) is 31.9 Å². The number of carbonyl (C=O) groups excluding carboxylic acids is 1. The molecule has 0 spiro atoms. The molecule has 2 aromatic rings. The zero-order valence-electron chi connectivity index (χ0n) is 14.0. The highest BCUT2D eigenvalue weighted by Gasteiger charge is 2.08. The number of hydrogen-bond donors (Lipinski definition) is 2. The van der Waals surface area contributed by atoms with Gasteiger partial charge >= 0.3 is 0 Å². The first-order chi connectivity index (χ1) is 11.1. The van der Waals surface area contributed by atoms with Crippen LogP contribution in [0.3, 0.4) is 0 Å². The summed E-state index contributed by atoms with van der Waals surface area (Å²) in [5.41, 5.74) is 3.72. The van der Waals surface area contributed by atoms with E-state index in [0.29, 0.717) is 18.1 Å². The molecule has 2 rings (SSSR count). The second-order valence-electron chi connectivity index (χ2n) is 5.62. The first kappa shape index (κ1) is 16.9. The van der Waals surface area contributed by atoms with Crippen LogP contribution in [0.2, 0.25) is 0 Å². The molecule has 1 aromatic heterocycles. The lowest BCUT2D eigenvalue weighted by molar-refractivity contribution is 0.0947. The standard InChI is InChI=1S/C18H24N4O/c1-4-5-6-10-19-18(23)16-11-21-17(12-20-16)22-15-9-7-8-13(2)14(15)3/h7-9,11-12H,4-6,10H2,1-3H3,(H,19,23)(H,21,22). The van der Waals surface area contributed by atoms with E-state index in [1.54, 1.807) is 6.20 Å². The molecule has 1 heterocycles. The number of unbranched alkanes of at least 4 members (excludes halogenated alkanes) is 2. The Hall–Kier alpha value is -2.43. The van der Waals surface area contributed by atoms with Gasteiger partial charge < -0.3 is 10.6 Å². The maximum absolute atomic E-state index is 11.9. The van der Waals surface area contributed by atoms with Crippen molar-refractivity contribution in [2.75, 3.05) is 11.9 Å². The molecule has 1 aromatic carbocycles. The summed E-state index contributed by atoms with van der Waals surface area (Å²) in [5, 5.41) is 6.09. The van der Waals surface area contributed by atoms with Crippen LogP contribution in [-0.4, -0.2) is 22.4 Å². The van der Waals surface area contributed by atoms with Crippen LogP contribution < -0.4 is 10.6 Å². The predicted molar refractivity (Wildman–Crippen MR) is 93.1 cm³/mol. The van der Waals surface area contributed by atoms with Gasteiger partial charge in [-0.2, -0.15) is 0 Å². The maximum Gasteiger partial charge on any atom is 0.271 e. The van der Waals surface area contributed by atoms with Crippen LogP contribution in [0, 0.1) is 13.8 Å². The summed E-state index contributed by atoms with van der Waals surface area (Å²) >= 11 is 0. The van der Waals surface area contributed by atoms with Gasteiger partial charge in [-0.25, -0.2) is 9.97 Å². The van der Waals surface area contributed by atoms with E-state index in [1.165, 1.54) is 17.3 Å². The molecule has 5 nitrogen and oxygen atoms in total. The molecule has 0 saturated heterocycles. The van der Waals surface area contributed by atoms with E-state index < -0.39 is 0 Å². The molecule has 2 N–H and O–H groups in total. The van der Waals surface area contributed by atoms with Crippen molar-refractivity contribution in [2.24, 2.45) is 0 Å². The molecule has 0 bridgehead atoms. The van der Waals surface area contributed by atoms with Crippen molar-refractivity contribution in [1.82, 2.24) is 15.3 Å². The zero-order chi connectivity index (χ0) is 16.7. The quantitative estimate of drug-likeness (QED) is 0.764. The molecule has 0 fully saturated rings. The lowest BCUT2D eigenvalue weighted by Gasteiger charge is -2.10. The number of anilines is 2. The summed E-state index contributed by atoms with van der Waals surface area (Å²) in [6.07, 6.45) is 6.33. The minimum absolute atomic E-state index is 0.174. The lowest BCUT2D eigenvalue weighted by atomic mass is 10.1. The van der Waals surface area contributed by atoms with E-state index in [4.69, 9.17) is 0 Å². The number of benzene rings is 1. The number of aromatic nitrogens is 2. The fraction of sp³-hybridized carbons (Fsp3) is 0.389. The van der Waals surface area contributed by atoms with Crippen LogP contribution in [-0.2, 0) is 0 Å². The molecule has 0 aliphatic heterocycles. The molecular weight excluding hydrogens is 288 g/mol. The Morgan fingerprint density at radius 1 is 1.13 bits per heavy atom. The van der Waals surface area contributed by atoms with Gasteiger partial charge in [-0.15, -0.1) is 0 Å². The highest BCUT2D eigenvalue weighted by Crippen LogP contribution is 2.21. The smallest absolute Gasteiger partial charge is 0.271 e. The Morgan fingerprint density at radius 3 is 2.65 bits per heavy atom. The first-order valence-corrected chi connectivity index (χ1v) is 8.05. The number of carbonyl (C=O) groups is 1. The summed E-state index contributed by atoms with van der Waals surface area (Å²) in [5.74, 6) is 0.452. The molecule has 0 radical (unpaired) electrons. The third kappa shape index (κ3) is 4.77. The molecule has 0 aliphatic carbocycles. The number of aryl methyl sites for hydroxylation is 1. The van der Waals surface area contributed by atoms with Gasteiger partial charge in [-0.3, -0.25) is 4.79 Å². The number of nitrogens with zero attached hydrogens (tertiary/aromatic N) is 2. The fourth-order valence-corrected chi connectivity index (χ4v) is 2.20. The number of nitrogens with one attached hydrogen (secondary N) is 2. The van der Waals surface area contributed by atoms with Gasteiger partial charge in [0.05, 0.1) is 12.4 Å². The van der Waals surface area contributed by atoms with Gasteiger partial charge in [0.2, 0.25) is 0 Å². The van der Waals surface area contributed by atoms with E-state index in [1.807, 2.05) is 12.1 Å². The summed E-state index contributed by atoms with van der Waals surface area (Å²) in [6, 6.07) is 6.06. The van der Waals surface area contributed by atoms with Crippen LogP contribution in [0.1, 0.15) is 47.8 Å². The second-order valence-corrected chi connectivity index (χ2v) is 5.62. The Kier molecular flexibility index (Phi) is 6.09. The van der Waals surface area contributed by atoms with Crippen LogP contribution in [0.4, 0.5) is 11.5 Å². The predicted octanol–water partition coefficient (Wildman–Crippen LogP) is 3.76. The first-order valence-electron chi connectivity index (χ1n) is 8.05. The van der Waals surface area contributed by atoms with Crippen molar-refractivity contribution in [3.05, 3.63) is 47.4 Å². The van der Waals surface area contributed by atoms with Crippen LogP contribution in [0.25, 0.3) is 0 Å². The molecular formula is C18H24N4O. The van der Waals surface area contributed by atoms with Gasteiger partial charge in [-0.05, 0) is 37.5 Å². The Labute approximate surface area is 137 Å². The Balaban J connectivity index is 1.96. The molecule has 0 unspecified atom stereocenters. The number of hydrogen-bond acceptors (Lipinski definition) is 4. The fourth-order valence-electron chi connectivity index (χ4n) is 2.20. The minimum atomic E-state index is -0.174.